The quantitative estimate of drug-likeness (QED) is 0.743. The molecule has 0 aliphatic carbocycles. The molecule has 136 valence electrons. The van der Waals surface area contributed by atoms with Crippen LogP contribution in [0.5, 0.6) is 5.75 Å². The second-order valence-corrected chi connectivity index (χ2v) is 6.27. The number of methoxy groups -OCH3 is 1. The molecule has 0 fully saturated rings. The molecule has 3 aromatic rings. The summed E-state index contributed by atoms with van der Waals surface area (Å²) < 4.78 is 7.10. The lowest BCUT2D eigenvalue weighted by Gasteiger charge is -2.26. The maximum absolute atomic E-state index is 12.3. The fourth-order valence-electron chi connectivity index (χ4n) is 3.46. The van der Waals surface area contributed by atoms with Gasteiger partial charge in [0.15, 0.2) is 0 Å². The first kappa shape index (κ1) is 16.8. The fourth-order valence-corrected chi connectivity index (χ4v) is 3.46. The van der Waals surface area contributed by atoms with Gasteiger partial charge in [-0.15, -0.1) is 0 Å². The van der Waals surface area contributed by atoms with Gasteiger partial charge in [0, 0.05) is 42.7 Å². The maximum atomic E-state index is 12.3. The molecule has 7 nitrogen and oxygen atoms in total. The number of anilines is 1. The van der Waals surface area contributed by atoms with Crippen molar-refractivity contribution in [2.75, 3.05) is 12.4 Å². The highest BCUT2D eigenvalue weighted by Gasteiger charge is 2.34. The van der Waals surface area contributed by atoms with Crippen LogP contribution in [0.4, 0.5) is 5.69 Å². The van der Waals surface area contributed by atoms with Crippen LogP contribution in [0.3, 0.4) is 0 Å². The van der Waals surface area contributed by atoms with E-state index in [-0.39, 0.29) is 23.8 Å². The van der Waals surface area contributed by atoms with Crippen molar-refractivity contribution in [3.05, 3.63) is 71.8 Å². The summed E-state index contributed by atoms with van der Waals surface area (Å²) in [5.41, 5.74) is 2.70. The maximum Gasteiger partial charge on any atom is 0.339 e. The first-order valence-electron chi connectivity index (χ1n) is 8.41. The van der Waals surface area contributed by atoms with E-state index in [1.165, 1.54) is 6.20 Å². The first-order valence-corrected chi connectivity index (χ1v) is 8.41. The minimum Gasteiger partial charge on any atom is -0.497 e. The molecule has 2 N–H and O–H groups in total. The van der Waals surface area contributed by atoms with Gasteiger partial charge in [0.05, 0.1) is 18.5 Å². The largest absolute Gasteiger partial charge is 0.497 e. The van der Waals surface area contributed by atoms with Crippen LogP contribution in [0.1, 0.15) is 34.0 Å². The van der Waals surface area contributed by atoms with Crippen LogP contribution in [0.15, 0.2) is 55.0 Å². The summed E-state index contributed by atoms with van der Waals surface area (Å²) in [6.45, 7) is 0. The molecule has 3 heterocycles. The van der Waals surface area contributed by atoms with Gasteiger partial charge in [-0.1, -0.05) is 12.1 Å². The minimum absolute atomic E-state index is 0.0507. The number of amides is 1. The summed E-state index contributed by atoms with van der Waals surface area (Å²) in [6, 6.07) is 11.0. The van der Waals surface area contributed by atoms with E-state index in [0.717, 1.165) is 11.3 Å². The molecule has 0 saturated heterocycles. The number of nitrogens with zero attached hydrogens (tertiary/aromatic N) is 2. The molecule has 0 bridgehead atoms. The number of carbonyl (C=O) groups excluding carboxylic acids is 1. The lowest BCUT2D eigenvalue weighted by atomic mass is 9.89. The zero-order valence-electron chi connectivity index (χ0n) is 14.5. The van der Waals surface area contributed by atoms with Gasteiger partial charge in [0.25, 0.3) is 0 Å². The average molecular weight is 363 g/mol. The number of fused-ring (bicyclic) bond motifs is 1. The summed E-state index contributed by atoms with van der Waals surface area (Å²) in [5.74, 6) is -0.964. The molecular weight excluding hydrogens is 346 g/mol. The second-order valence-electron chi connectivity index (χ2n) is 6.27. The number of carboxylic acid groups (broad SMARTS) is 1. The number of hydrogen-bond donors (Lipinski definition) is 2. The van der Waals surface area contributed by atoms with Crippen LogP contribution >= 0.6 is 0 Å². The topological polar surface area (TPSA) is 93.4 Å². The molecule has 27 heavy (non-hydrogen) atoms. The van der Waals surface area contributed by atoms with E-state index in [0.29, 0.717) is 17.1 Å². The summed E-state index contributed by atoms with van der Waals surface area (Å²) in [6.07, 6.45) is 5.12. The molecule has 1 aromatic carbocycles. The molecule has 1 amide bonds. The number of ether oxygens (including phenoxy) is 1. The van der Waals surface area contributed by atoms with E-state index >= 15 is 0 Å². The summed E-state index contributed by atoms with van der Waals surface area (Å²) >= 11 is 0. The number of rotatable bonds is 4. The number of pyridine rings is 1. The van der Waals surface area contributed by atoms with E-state index in [1.807, 2.05) is 30.3 Å². The van der Waals surface area contributed by atoms with E-state index in [4.69, 9.17) is 4.74 Å². The van der Waals surface area contributed by atoms with Crippen molar-refractivity contribution in [3.63, 3.8) is 0 Å². The van der Waals surface area contributed by atoms with Gasteiger partial charge < -0.3 is 19.7 Å². The van der Waals surface area contributed by atoms with Crippen molar-refractivity contribution in [2.45, 2.75) is 12.3 Å². The molecule has 2 aromatic heterocycles. The van der Waals surface area contributed by atoms with Gasteiger partial charge in [-0.25, -0.2) is 4.79 Å². The average Bonchev–Trinajstić information content (AvgIpc) is 3.07. The number of aromatic nitrogens is 2. The Hall–Kier alpha value is -3.61. The molecule has 0 saturated carbocycles. The lowest BCUT2D eigenvalue weighted by molar-refractivity contribution is -0.116. The van der Waals surface area contributed by atoms with Gasteiger partial charge in [0.2, 0.25) is 5.91 Å². The Morgan fingerprint density at radius 2 is 2.19 bits per heavy atom. The number of aromatic carboxylic acids is 1. The highest BCUT2D eigenvalue weighted by Crippen LogP contribution is 2.41. The van der Waals surface area contributed by atoms with Crippen LogP contribution < -0.4 is 10.1 Å². The summed E-state index contributed by atoms with van der Waals surface area (Å²) in [7, 11) is 1.57. The van der Waals surface area contributed by atoms with Crippen LogP contribution in [0.25, 0.3) is 5.69 Å². The monoisotopic (exact) mass is 363 g/mol. The van der Waals surface area contributed by atoms with Gasteiger partial charge in [0.1, 0.15) is 11.3 Å². The third-order valence-corrected chi connectivity index (χ3v) is 4.68. The predicted molar refractivity (Wildman–Crippen MR) is 98.6 cm³/mol. The molecule has 1 aliphatic heterocycles. The van der Waals surface area contributed by atoms with Crippen molar-refractivity contribution in [2.24, 2.45) is 0 Å². The van der Waals surface area contributed by atoms with Crippen molar-refractivity contribution in [1.29, 1.82) is 0 Å². The Morgan fingerprint density at radius 3 is 2.89 bits per heavy atom. The SMILES string of the molecule is COc1cccc(-n2cc(C(=O)O)c3c2C(c2cccnc2)CC(=O)N3)c1. The zero-order valence-corrected chi connectivity index (χ0v) is 14.5. The standard InChI is InChI=1S/C20H17N3O4/c1-27-14-6-2-5-13(8-14)23-11-16(20(25)26)18-19(23)15(9-17(24)22-18)12-4-3-7-21-10-12/h2-8,10-11,15H,9H2,1H3,(H,22,24)(H,25,26). The number of carbonyl (C=O) groups is 2. The first-order chi connectivity index (χ1) is 13.1. The number of carboxylic acids is 1. The van der Waals surface area contributed by atoms with Crippen molar-refractivity contribution >= 4 is 17.6 Å². The second kappa shape index (κ2) is 6.60. The van der Waals surface area contributed by atoms with E-state index in [1.54, 1.807) is 30.1 Å². The van der Waals surface area contributed by atoms with E-state index in [2.05, 4.69) is 10.3 Å². The van der Waals surface area contributed by atoms with Gasteiger partial charge in [-0.3, -0.25) is 9.78 Å². The van der Waals surface area contributed by atoms with Crippen LogP contribution in [0.2, 0.25) is 0 Å². The molecule has 7 heteroatoms. The Labute approximate surface area is 155 Å². The lowest BCUT2D eigenvalue weighted by Crippen LogP contribution is -2.25. The Morgan fingerprint density at radius 1 is 1.33 bits per heavy atom. The zero-order chi connectivity index (χ0) is 19.0. The van der Waals surface area contributed by atoms with E-state index < -0.39 is 5.97 Å². The van der Waals surface area contributed by atoms with Crippen molar-refractivity contribution in [1.82, 2.24) is 9.55 Å². The number of nitrogens with one attached hydrogen (secondary N) is 1. The van der Waals surface area contributed by atoms with Crippen molar-refractivity contribution in [3.8, 4) is 11.4 Å². The molecule has 1 aliphatic rings. The Balaban J connectivity index is 1.97. The fraction of sp³-hybridized carbons (Fsp3) is 0.150. The predicted octanol–water partition coefficient (Wildman–Crippen LogP) is 3.05. The summed E-state index contributed by atoms with van der Waals surface area (Å²) in [4.78, 5) is 28.2. The molecule has 1 unspecified atom stereocenters. The number of benzene rings is 1. The smallest absolute Gasteiger partial charge is 0.339 e. The highest BCUT2D eigenvalue weighted by atomic mass is 16.5. The molecule has 1 atom stereocenters. The molecule has 0 radical (unpaired) electrons. The van der Waals surface area contributed by atoms with Crippen molar-refractivity contribution < 1.29 is 19.4 Å². The van der Waals surface area contributed by atoms with Crippen LogP contribution in [-0.2, 0) is 4.79 Å². The third-order valence-electron chi connectivity index (χ3n) is 4.68. The van der Waals surface area contributed by atoms with Gasteiger partial charge >= 0.3 is 5.97 Å². The van der Waals surface area contributed by atoms with Gasteiger partial charge in [-0.2, -0.15) is 0 Å². The minimum atomic E-state index is -1.10. The number of hydrogen-bond acceptors (Lipinski definition) is 4. The normalized spacial score (nSPS) is 15.7. The highest BCUT2D eigenvalue weighted by molar-refractivity contribution is 6.04. The Kier molecular flexibility index (Phi) is 4.12. The van der Waals surface area contributed by atoms with Crippen LogP contribution in [-0.4, -0.2) is 33.6 Å². The van der Waals surface area contributed by atoms with Crippen LogP contribution in [0, 0.1) is 0 Å². The molecule has 4 rings (SSSR count). The summed E-state index contributed by atoms with van der Waals surface area (Å²) in [5, 5.41) is 12.4. The van der Waals surface area contributed by atoms with Gasteiger partial charge in [-0.05, 0) is 23.8 Å². The third kappa shape index (κ3) is 2.93. The van der Waals surface area contributed by atoms with E-state index in [9.17, 15) is 14.7 Å². The molecular formula is C20H17N3O4. The Bertz CT molecular complexity index is 1030. The molecule has 0 spiro atoms.